The normalized spacial score (nSPS) is 10.2. The maximum atomic E-state index is 11.8. The zero-order chi connectivity index (χ0) is 16.5. The Hall–Kier alpha value is -1.85. The largest absolute Gasteiger partial charge is 0.494 e. The third-order valence-electron chi connectivity index (χ3n) is 2.89. The number of nitrogens with one attached hydrogen (secondary N) is 2. The summed E-state index contributed by atoms with van der Waals surface area (Å²) in [6.07, 6.45) is 0. The van der Waals surface area contributed by atoms with Gasteiger partial charge in [-0.05, 0) is 55.5 Å². The highest BCUT2D eigenvalue weighted by molar-refractivity contribution is 7.99. The summed E-state index contributed by atoms with van der Waals surface area (Å²) in [6, 6.07) is 14.7. The number of carbonyl (C=O) groups is 1. The molecule has 122 valence electrons. The summed E-state index contributed by atoms with van der Waals surface area (Å²) in [5.74, 6) is 1.58. The molecule has 0 radical (unpaired) electrons. The molecule has 0 aromatic heterocycles. The smallest absolute Gasteiger partial charge is 0.319 e. The van der Waals surface area contributed by atoms with Crippen molar-refractivity contribution in [3.05, 3.63) is 53.6 Å². The van der Waals surface area contributed by atoms with E-state index >= 15 is 0 Å². The Balaban J connectivity index is 1.67. The zero-order valence-corrected chi connectivity index (χ0v) is 14.4. The molecule has 0 saturated carbocycles. The molecule has 23 heavy (non-hydrogen) atoms. The quantitative estimate of drug-likeness (QED) is 0.564. The van der Waals surface area contributed by atoms with Crippen molar-refractivity contribution in [2.45, 2.75) is 11.8 Å². The molecule has 0 saturated heterocycles. The van der Waals surface area contributed by atoms with Gasteiger partial charge in [-0.15, -0.1) is 11.8 Å². The van der Waals surface area contributed by atoms with Gasteiger partial charge in [-0.25, -0.2) is 4.79 Å². The maximum Gasteiger partial charge on any atom is 0.319 e. The van der Waals surface area contributed by atoms with Gasteiger partial charge in [0, 0.05) is 27.9 Å². The van der Waals surface area contributed by atoms with E-state index in [0.29, 0.717) is 13.2 Å². The number of hydrogen-bond donors (Lipinski definition) is 2. The van der Waals surface area contributed by atoms with E-state index < -0.39 is 0 Å². The Labute approximate surface area is 145 Å². The van der Waals surface area contributed by atoms with E-state index in [0.717, 1.165) is 27.1 Å². The highest BCUT2D eigenvalue weighted by atomic mass is 35.5. The summed E-state index contributed by atoms with van der Waals surface area (Å²) >= 11 is 7.50. The molecule has 0 heterocycles. The summed E-state index contributed by atoms with van der Waals surface area (Å²) in [7, 11) is 0. The lowest BCUT2D eigenvalue weighted by Crippen LogP contribution is -2.30. The van der Waals surface area contributed by atoms with Gasteiger partial charge in [0.05, 0.1) is 6.61 Å². The molecule has 0 unspecified atom stereocenters. The van der Waals surface area contributed by atoms with Crippen molar-refractivity contribution in [3.63, 3.8) is 0 Å². The highest BCUT2D eigenvalue weighted by Gasteiger charge is 2.02. The second-order valence-corrected chi connectivity index (χ2v) is 6.25. The lowest BCUT2D eigenvalue weighted by molar-refractivity contribution is 0.252. The number of ether oxygens (including phenoxy) is 1. The first-order valence-corrected chi connectivity index (χ1v) is 8.70. The Morgan fingerprint density at radius 2 is 1.83 bits per heavy atom. The van der Waals surface area contributed by atoms with E-state index in [1.807, 2.05) is 55.5 Å². The molecule has 2 aromatic rings. The molecule has 0 aliphatic carbocycles. The van der Waals surface area contributed by atoms with Gasteiger partial charge in [0.25, 0.3) is 0 Å². The molecule has 0 spiro atoms. The van der Waals surface area contributed by atoms with Gasteiger partial charge in [-0.2, -0.15) is 0 Å². The summed E-state index contributed by atoms with van der Waals surface area (Å²) in [5.41, 5.74) is 0.733. The van der Waals surface area contributed by atoms with Crippen LogP contribution in [0.15, 0.2) is 53.4 Å². The first kappa shape index (κ1) is 17.5. The highest BCUT2D eigenvalue weighted by Crippen LogP contribution is 2.19. The Morgan fingerprint density at radius 3 is 2.48 bits per heavy atom. The first-order chi connectivity index (χ1) is 11.2. The van der Waals surface area contributed by atoms with Crippen molar-refractivity contribution in [2.24, 2.45) is 0 Å². The molecule has 0 bridgehead atoms. The van der Waals surface area contributed by atoms with Crippen molar-refractivity contribution in [3.8, 4) is 5.75 Å². The van der Waals surface area contributed by atoms with Crippen LogP contribution in [0.3, 0.4) is 0 Å². The number of carbonyl (C=O) groups excluding carboxylic acids is 1. The predicted molar refractivity (Wildman–Crippen MR) is 96.8 cm³/mol. The van der Waals surface area contributed by atoms with E-state index in [2.05, 4.69) is 10.6 Å². The first-order valence-electron chi connectivity index (χ1n) is 7.33. The Bertz CT molecular complexity index is 617. The Morgan fingerprint density at radius 1 is 1.13 bits per heavy atom. The fraction of sp³-hybridized carbons (Fsp3) is 0.235. The number of benzene rings is 2. The SMILES string of the molecule is CCOc1ccc(NC(=O)NCCSc2ccc(Cl)cc2)cc1. The molecule has 4 nitrogen and oxygen atoms in total. The van der Waals surface area contributed by atoms with Crippen LogP contribution in [-0.2, 0) is 0 Å². The van der Waals surface area contributed by atoms with Crippen LogP contribution in [-0.4, -0.2) is 24.9 Å². The van der Waals surface area contributed by atoms with Crippen LogP contribution < -0.4 is 15.4 Å². The zero-order valence-electron chi connectivity index (χ0n) is 12.8. The number of amides is 2. The molecule has 0 aliphatic rings. The van der Waals surface area contributed by atoms with Crippen LogP contribution in [0.1, 0.15) is 6.92 Å². The monoisotopic (exact) mass is 350 g/mol. The standard InChI is InChI=1S/C17H19ClN2O2S/c1-2-22-15-7-5-14(6-8-15)20-17(21)19-11-12-23-16-9-3-13(18)4-10-16/h3-10H,2,11-12H2,1H3,(H2,19,20,21). The third-order valence-corrected chi connectivity index (χ3v) is 4.16. The van der Waals surface area contributed by atoms with E-state index in [1.54, 1.807) is 11.8 Å². The number of thioether (sulfide) groups is 1. The van der Waals surface area contributed by atoms with Crippen LogP contribution in [0, 0.1) is 0 Å². The third kappa shape index (κ3) is 6.42. The number of halogens is 1. The van der Waals surface area contributed by atoms with Gasteiger partial charge in [-0.3, -0.25) is 0 Å². The molecule has 2 amide bonds. The molecule has 6 heteroatoms. The second-order valence-electron chi connectivity index (χ2n) is 4.64. The minimum absolute atomic E-state index is 0.217. The Kier molecular flexibility index (Phi) is 7.10. The number of rotatable bonds is 7. The summed E-state index contributed by atoms with van der Waals surface area (Å²) in [5, 5.41) is 6.33. The van der Waals surface area contributed by atoms with E-state index in [-0.39, 0.29) is 6.03 Å². The van der Waals surface area contributed by atoms with Crippen molar-refractivity contribution < 1.29 is 9.53 Å². The average molecular weight is 351 g/mol. The van der Waals surface area contributed by atoms with Crippen LogP contribution >= 0.6 is 23.4 Å². The minimum Gasteiger partial charge on any atom is -0.494 e. The van der Waals surface area contributed by atoms with Gasteiger partial charge in [0.2, 0.25) is 0 Å². The average Bonchev–Trinajstić information content (AvgIpc) is 2.55. The number of urea groups is 1. The van der Waals surface area contributed by atoms with Gasteiger partial charge >= 0.3 is 6.03 Å². The number of hydrogen-bond acceptors (Lipinski definition) is 3. The van der Waals surface area contributed by atoms with Gasteiger partial charge in [0.15, 0.2) is 0 Å². The van der Waals surface area contributed by atoms with Crippen molar-refractivity contribution in [2.75, 3.05) is 24.2 Å². The van der Waals surface area contributed by atoms with Crippen molar-refractivity contribution in [1.29, 1.82) is 0 Å². The predicted octanol–water partition coefficient (Wildman–Crippen LogP) is 4.65. The molecule has 0 atom stereocenters. The van der Waals surface area contributed by atoms with Crippen molar-refractivity contribution in [1.82, 2.24) is 5.32 Å². The van der Waals surface area contributed by atoms with Gasteiger partial charge < -0.3 is 15.4 Å². The minimum atomic E-state index is -0.217. The van der Waals surface area contributed by atoms with Crippen molar-refractivity contribution >= 4 is 35.1 Å². The van der Waals surface area contributed by atoms with Crippen LogP contribution in [0.4, 0.5) is 10.5 Å². The molecule has 0 fully saturated rings. The summed E-state index contributed by atoms with van der Waals surface area (Å²) < 4.78 is 5.36. The topological polar surface area (TPSA) is 50.4 Å². The van der Waals surface area contributed by atoms with Crippen LogP contribution in [0.25, 0.3) is 0 Å². The van der Waals surface area contributed by atoms with Gasteiger partial charge in [-0.1, -0.05) is 11.6 Å². The fourth-order valence-corrected chi connectivity index (χ4v) is 2.74. The molecular formula is C17H19ClN2O2S. The maximum absolute atomic E-state index is 11.8. The molecule has 0 aliphatic heterocycles. The summed E-state index contributed by atoms with van der Waals surface area (Å²) in [4.78, 5) is 12.9. The van der Waals surface area contributed by atoms with Crippen LogP contribution in [0.5, 0.6) is 5.75 Å². The second kappa shape index (κ2) is 9.33. The molecule has 2 N–H and O–H groups in total. The summed E-state index contributed by atoms with van der Waals surface area (Å²) in [6.45, 7) is 3.14. The van der Waals surface area contributed by atoms with Gasteiger partial charge in [0.1, 0.15) is 5.75 Å². The molecule has 2 rings (SSSR count). The van der Waals surface area contributed by atoms with E-state index in [4.69, 9.17) is 16.3 Å². The fourth-order valence-electron chi connectivity index (χ4n) is 1.84. The lowest BCUT2D eigenvalue weighted by atomic mass is 10.3. The van der Waals surface area contributed by atoms with E-state index in [9.17, 15) is 4.79 Å². The molecular weight excluding hydrogens is 332 g/mol. The van der Waals surface area contributed by atoms with Crippen LogP contribution in [0.2, 0.25) is 5.02 Å². The van der Waals surface area contributed by atoms with E-state index in [1.165, 1.54) is 0 Å². The number of anilines is 1. The molecule has 2 aromatic carbocycles. The lowest BCUT2D eigenvalue weighted by Gasteiger charge is -2.08.